The molecule has 4 heteroatoms. The van der Waals surface area contributed by atoms with Crippen LogP contribution in [0.1, 0.15) is 5.56 Å². The van der Waals surface area contributed by atoms with E-state index in [1.807, 2.05) is 42.5 Å². The number of sulfonamides is 1. The van der Waals surface area contributed by atoms with Crippen LogP contribution in [0.4, 0.5) is 0 Å². The lowest BCUT2D eigenvalue weighted by molar-refractivity contribution is 0.598. The van der Waals surface area contributed by atoms with Crippen molar-refractivity contribution >= 4 is 27.0 Å². The molecule has 3 aromatic rings. The molecule has 0 amide bonds. The standard InChI is InChI=1S/C17H13NO2S/c19-21(20,17-8-2-1-3-9-17)18-13-14-10-11-15-6-4-5-7-16(15)12-14/h1-13H/b18-13-. The Morgan fingerprint density at radius 2 is 1.43 bits per heavy atom. The van der Waals surface area contributed by atoms with Crippen molar-refractivity contribution in [1.29, 1.82) is 0 Å². The number of nitrogens with zero attached hydrogens (tertiary/aromatic N) is 1. The molecular weight excluding hydrogens is 282 g/mol. The zero-order valence-corrected chi connectivity index (χ0v) is 12.0. The molecule has 0 aliphatic rings. The molecule has 21 heavy (non-hydrogen) atoms. The lowest BCUT2D eigenvalue weighted by Crippen LogP contribution is -1.97. The monoisotopic (exact) mass is 295 g/mol. The quantitative estimate of drug-likeness (QED) is 0.692. The Hall–Kier alpha value is -2.46. The van der Waals surface area contributed by atoms with E-state index in [-0.39, 0.29) is 4.90 Å². The number of fused-ring (bicyclic) bond motifs is 1. The van der Waals surface area contributed by atoms with Gasteiger partial charge < -0.3 is 0 Å². The topological polar surface area (TPSA) is 46.5 Å². The molecule has 0 saturated carbocycles. The molecule has 0 atom stereocenters. The minimum atomic E-state index is -3.64. The first-order valence-corrected chi connectivity index (χ1v) is 7.93. The maximum Gasteiger partial charge on any atom is 0.282 e. The van der Waals surface area contributed by atoms with E-state index in [0.717, 1.165) is 16.3 Å². The lowest BCUT2D eigenvalue weighted by atomic mass is 10.1. The Labute approximate surface area is 123 Å². The third-order valence-corrected chi connectivity index (χ3v) is 4.41. The van der Waals surface area contributed by atoms with Crippen LogP contribution >= 0.6 is 0 Å². The molecule has 0 spiro atoms. The summed E-state index contributed by atoms with van der Waals surface area (Å²) in [7, 11) is -3.64. The maximum atomic E-state index is 12.1. The van der Waals surface area contributed by atoms with Crippen molar-refractivity contribution in [3.8, 4) is 0 Å². The molecule has 0 N–H and O–H groups in total. The highest BCUT2D eigenvalue weighted by molar-refractivity contribution is 7.90. The van der Waals surface area contributed by atoms with Gasteiger partial charge in [-0.2, -0.15) is 12.8 Å². The van der Waals surface area contributed by atoms with Gasteiger partial charge in [-0.05, 0) is 34.5 Å². The van der Waals surface area contributed by atoms with Gasteiger partial charge in [0.05, 0.1) is 4.90 Å². The maximum absolute atomic E-state index is 12.1. The average molecular weight is 295 g/mol. The van der Waals surface area contributed by atoms with Crippen molar-refractivity contribution in [3.05, 3.63) is 78.4 Å². The summed E-state index contributed by atoms with van der Waals surface area (Å²) in [6.07, 6.45) is 1.38. The average Bonchev–Trinajstić information content (AvgIpc) is 2.54. The van der Waals surface area contributed by atoms with Crippen LogP contribution in [0.2, 0.25) is 0 Å². The van der Waals surface area contributed by atoms with E-state index in [1.54, 1.807) is 18.2 Å². The molecule has 0 aromatic heterocycles. The van der Waals surface area contributed by atoms with Crippen LogP contribution in [-0.4, -0.2) is 14.6 Å². The molecule has 0 aliphatic heterocycles. The zero-order chi connectivity index (χ0) is 14.7. The molecule has 0 unspecified atom stereocenters. The Balaban J connectivity index is 1.94. The molecule has 3 rings (SSSR count). The summed E-state index contributed by atoms with van der Waals surface area (Å²) in [5, 5.41) is 2.17. The van der Waals surface area contributed by atoms with Gasteiger partial charge >= 0.3 is 0 Å². The van der Waals surface area contributed by atoms with Crippen molar-refractivity contribution in [1.82, 2.24) is 0 Å². The van der Waals surface area contributed by atoms with E-state index in [2.05, 4.69) is 4.40 Å². The highest BCUT2D eigenvalue weighted by Crippen LogP contribution is 2.16. The Morgan fingerprint density at radius 3 is 2.19 bits per heavy atom. The summed E-state index contributed by atoms with van der Waals surface area (Å²) in [5.74, 6) is 0. The summed E-state index contributed by atoms with van der Waals surface area (Å²) in [6, 6.07) is 21.8. The number of rotatable bonds is 3. The van der Waals surface area contributed by atoms with E-state index < -0.39 is 10.0 Å². The number of benzene rings is 3. The number of hydrogen-bond acceptors (Lipinski definition) is 2. The SMILES string of the molecule is O=S(=O)(/N=C\c1ccc2ccccc2c1)c1ccccc1. The summed E-state index contributed by atoms with van der Waals surface area (Å²) < 4.78 is 27.9. The van der Waals surface area contributed by atoms with Crippen molar-refractivity contribution in [3.63, 3.8) is 0 Å². The molecule has 3 nitrogen and oxygen atoms in total. The van der Waals surface area contributed by atoms with E-state index in [1.165, 1.54) is 18.3 Å². The van der Waals surface area contributed by atoms with Crippen LogP contribution in [0.15, 0.2) is 82.1 Å². The smallest absolute Gasteiger partial charge is 0.199 e. The fourth-order valence-electron chi connectivity index (χ4n) is 2.07. The first kappa shape index (κ1) is 13.5. The molecule has 0 bridgehead atoms. The predicted molar refractivity (Wildman–Crippen MR) is 85.2 cm³/mol. The van der Waals surface area contributed by atoms with Gasteiger partial charge in [-0.1, -0.05) is 54.6 Å². The summed E-state index contributed by atoms with van der Waals surface area (Å²) >= 11 is 0. The molecule has 0 saturated heterocycles. The summed E-state index contributed by atoms with van der Waals surface area (Å²) in [6.45, 7) is 0. The Bertz CT molecular complexity index is 900. The molecule has 0 radical (unpaired) electrons. The van der Waals surface area contributed by atoms with Gasteiger partial charge in [-0.25, -0.2) is 0 Å². The second-order valence-electron chi connectivity index (χ2n) is 4.63. The fraction of sp³-hybridized carbons (Fsp3) is 0. The van der Waals surface area contributed by atoms with Crippen molar-refractivity contribution in [2.45, 2.75) is 4.90 Å². The summed E-state index contributed by atoms with van der Waals surface area (Å²) in [4.78, 5) is 0.196. The zero-order valence-electron chi connectivity index (χ0n) is 11.2. The van der Waals surface area contributed by atoms with Crippen LogP contribution in [0.25, 0.3) is 10.8 Å². The first-order valence-electron chi connectivity index (χ1n) is 6.49. The molecular formula is C17H13NO2S. The molecule has 0 fully saturated rings. The molecule has 3 aromatic carbocycles. The normalized spacial score (nSPS) is 12.0. The predicted octanol–water partition coefficient (Wildman–Crippen LogP) is 3.65. The van der Waals surface area contributed by atoms with Gasteiger partial charge in [0, 0.05) is 6.21 Å². The molecule has 0 heterocycles. The molecule has 0 aliphatic carbocycles. The Kier molecular flexibility index (Phi) is 3.54. The second-order valence-corrected chi connectivity index (χ2v) is 6.26. The van der Waals surface area contributed by atoms with Gasteiger partial charge in [0.2, 0.25) is 0 Å². The van der Waals surface area contributed by atoms with Crippen molar-refractivity contribution in [2.24, 2.45) is 4.40 Å². The van der Waals surface area contributed by atoms with Gasteiger partial charge in [0.1, 0.15) is 0 Å². The van der Waals surface area contributed by atoms with Crippen LogP contribution in [0, 0.1) is 0 Å². The highest BCUT2D eigenvalue weighted by Gasteiger charge is 2.10. The van der Waals surface area contributed by atoms with Crippen molar-refractivity contribution in [2.75, 3.05) is 0 Å². The third kappa shape index (κ3) is 3.01. The van der Waals surface area contributed by atoms with Gasteiger partial charge in [-0.15, -0.1) is 0 Å². The Morgan fingerprint density at radius 1 is 0.762 bits per heavy atom. The van der Waals surface area contributed by atoms with E-state index in [0.29, 0.717) is 0 Å². The number of hydrogen-bond donors (Lipinski definition) is 0. The van der Waals surface area contributed by atoms with Gasteiger partial charge in [0.25, 0.3) is 10.0 Å². The highest BCUT2D eigenvalue weighted by atomic mass is 32.2. The van der Waals surface area contributed by atoms with Crippen LogP contribution < -0.4 is 0 Å². The molecule has 104 valence electrons. The van der Waals surface area contributed by atoms with Crippen LogP contribution in [0.3, 0.4) is 0 Å². The van der Waals surface area contributed by atoms with Crippen molar-refractivity contribution < 1.29 is 8.42 Å². The lowest BCUT2D eigenvalue weighted by Gasteiger charge is -2.00. The second kappa shape index (κ2) is 5.50. The van der Waals surface area contributed by atoms with Crippen LogP contribution in [0.5, 0.6) is 0 Å². The first-order chi connectivity index (χ1) is 10.1. The van der Waals surface area contributed by atoms with Gasteiger partial charge in [0.15, 0.2) is 0 Å². The van der Waals surface area contributed by atoms with E-state index >= 15 is 0 Å². The van der Waals surface area contributed by atoms with E-state index in [4.69, 9.17) is 0 Å². The summed E-state index contributed by atoms with van der Waals surface area (Å²) in [5.41, 5.74) is 0.758. The largest absolute Gasteiger partial charge is 0.282 e. The fourth-order valence-corrected chi connectivity index (χ4v) is 2.95. The third-order valence-electron chi connectivity index (χ3n) is 3.16. The van der Waals surface area contributed by atoms with Gasteiger partial charge in [-0.3, -0.25) is 0 Å². The minimum Gasteiger partial charge on any atom is -0.199 e. The van der Waals surface area contributed by atoms with E-state index in [9.17, 15) is 8.42 Å². The van der Waals surface area contributed by atoms with Crippen LogP contribution in [-0.2, 0) is 10.0 Å². The minimum absolute atomic E-state index is 0.196.